The summed E-state index contributed by atoms with van der Waals surface area (Å²) in [5.41, 5.74) is 0. The van der Waals surface area contributed by atoms with Crippen molar-refractivity contribution in [1.82, 2.24) is 9.62 Å². The summed E-state index contributed by atoms with van der Waals surface area (Å²) >= 11 is 11.8. The Morgan fingerprint density at radius 3 is 2.48 bits per heavy atom. The van der Waals surface area contributed by atoms with E-state index in [0.29, 0.717) is 29.1 Å². The molecule has 7 heteroatoms. The first-order chi connectivity index (χ1) is 9.93. The van der Waals surface area contributed by atoms with Crippen LogP contribution in [0.3, 0.4) is 0 Å². The Hall–Kier alpha value is -0.330. The van der Waals surface area contributed by atoms with Gasteiger partial charge in [0.15, 0.2) is 0 Å². The van der Waals surface area contributed by atoms with Gasteiger partial charge in [-0.2, -0.15) is 4.31 Å². The maximum absolute atomic E-state index is 12.7. The van der Waals surface area contributed by atoms with E-state index in [-0.39, 0.29) is 4.90 Å². The molecule has 1 aromatic carbocycles. The molecule has 0 saturated carbocycles. The first-order valence-electron chi connectivity index (χ1n) is 7.10. The van der Waals surface area contributed by atoms with Crippen LogP contribution in [0.25, 0.3) is 0 Å². The highest BCUT2D eigenvalue weighted by Crippen LogP contribution is 2.25. The van der Waals surface area contributed by atoms with Gasteiger partial charge in [-0.15, -0.1) is 0 Å². The molecule has 0 aromatic heterocycles. The molecule has 21 heavy (non-hydrogen) atoms. The molecule has 1 heterocycles. The summed E-state index contributed by atoms with van der Waals surface area (Å²) in [7, 11) is -3.56. The van der Waals surface area contributed by atoms with Gasteiger partial charge in [0.2, 0.25) is 10.0 Å². The largest absolute Gasteiger partial charge is 0.316 e. The lowest BCUT2D eigenvalue weighted by Gasteiger charge is -2.29. The zero-order chi connectivity index (χ0) is 15.5. The molecule has 0 radical (unpaired) electrons. The van der Waals surface area contributed by atoms with Crippen LogP contribution < -0.4 is 5.32 Å². The van der Waals surface area contributed by atoms with E-state index in [1.54, 1.807) is 0 Å². The minimum absolute atomic E-state index is 0.158. The third kappa shape index (κ3) is 4.33. The Morgan fingerprint density at radius 2 is 1.95 bits per heavy atom. The summed E-state index contributed by atoms with van der Waals surface area (Å²) in [6.45, 7) is 4.68. The number of hydrogen-bond acceptors (Lipinski definition) is 3. The first kappa shape index (κ1) is 17.0. The molecule has 1 atom stereocenters. The Bertz CT molecular complexity index is 566. The van der Waals surface area contributed by atoms with Crippen LogP contribution in [0.15, 0.2) is 23.1 Å². The minimum atomic E-state index is -3.56. The predicted octanol–water partition coefficient (Wildman–Crippen LogP) is 3.00. The van der Waals surface area contributed by atoms with Gasteiger partial charge in [-0.05, 0) is 50.0 Å². The van der Waals surface area contributed by atoms with Gasteiger partial charge < -0.3 is 5.32 Å². The maximum Gasteiger partial charge on any atom is 0.243 e. The van der Waals surface area contributed by atoms with Crippen molar-refractivity contribution in [1.29, 1.82) is 0 Å². The Morgan fingerprint density at radius 1 is 1.29 bits per heavy atom. The Balaban J connectivity index is 2.22. The second kappa shape index (κ2) is 7.29. The van der Waals surface area contributed by atoms with Crippen molar-refractivity contribution in [2.24, 2.45) is 5.92 Å². The summed E-state index contributed by atoms with van der Waals surface area (Å²) in [5.74, 6) is 0.350. The zero-order valence-corrected chi connectivity index (χ0v) is 14.3. The monoisotopic (exact) mass is 350 g/mol. The summed E-state index contributed by atoms with van der Waals surface area (Å²) < 4.78 is 27.0. The molecule has 1 aliphatic rings. The Labute approximate surface area is 136 Å². The second-order valence-electron chi connectivity index (χ2n) is 5.27. The smallest absolute Gasteiger partial charge is 0.243 e. The lowest BCUT2D eigenvalue weighted by atomic mass is 10.00. The maximum atomic E-state index is 12.7. The summed E-state index contributed by atoms with van der Waals surface area (Å²) in [6.07, 6.45) is 2.14. The van der Waals surface area contributed by atoms with Gasteiger partial charge in [0, 0.05) is 23.1 Å². The SMILES string of the molecule is CCN(CC1CCCNC1)S(=O)(=O)c1cc(Cl)cc(Cl)c1. The average molecular weight is 351 g/mol. The Kier molecular flexibility index (Phi) is 5.91. The number of sulfonamides is 1. The molecule has 0 aliphatic carbocycles. The van der Waals surface area contributed by atoms with Crippen LogP contribution in [0.4, 0.5) is 0 Å². The first-order valence-corrected chi connectivity index (χ1v) is 9.30. The van der Waals surface area contributed by atoms with Crippen LogP contribution in [0, 0.1) is 5.92 Å². The third-order valence-corrected chi connectivity index (χ3v) is 6.04. The molecule has 118 valence electrons. The van der Waals surface area contributed by atoms with Crippen molar-refractivity contribution in [3.8, 4) is 0 Å². The van der Waals surface area contributed by atoms with Gasteiger partial charge in [-0.1, -0.05) is 30.1 Å². The third-order valence-electron chi connectivity index (χ3n) is 3.69. The number of benzene rings is 1. The normalized spacial score (nSPS) is 19.9. The van der Waals surface area contributed by atoms with Gasteiger partial charge in [0.25, 0.3) is 0 Å². The second-order valence-corrected chi connectivity index (χ2v) is 8.08. The van der Waals surface area contributed by atoms with Crippen molar-refractivity contribution in [3.05, 3.63) is 28.2 Å². The summed E-state index contributed by atoms with van der Waals surface area (Å²) in [4.78, 5) is 0.158. The number of nitrogens with zero attached hydrogens (tertiary/aromatic N) is 1. The quantitative estimate of drug-likeness (QED) is 0.887. The molecule has 1 aromatic rings. The van der Waals surface area contributed by atoms with Crippen molar-refractivity contribution in [3.63, 3.8) is 0 Å². The number of halogens is 2. The molecule has 1 N–H and O–H groups in total. The van der Waals surface area contributed by atoms with E-state index < -0.39 is 10.0 Å². The van der Waals surface area contributed by atoms with Gasteiger partial charge >= 0.3 is 0 Å². The zero-order valence-electron chi connectivity index (χ0n) is 12.0. The lowest BCUT2D eigenvalue weighted by molar-refractivity contribution is 0.298. The highest BCUT2D eigenvalue weighted by Gasteiger charge is 2.27. The van der Waals surface area contributed by atoms with E-state index in [4.69, 9.17) is 23.2 Å². The molecule has 1 saturated heterocycles. The molecule has 1 aliphatic heterocycles. The molecule has 4 nitrogen and oxygen atoms in total. The molecule has 0 amide bonds. The van der Waals surface area contributed by atoms with Crippen LogP contribution in [0.1, 0.15) is 19.8 Å². The van der Waals surface area contributed by atoms with Crippen molar-refractivity contribution in [2.45, 2.75) is 24.7 Å². The fourth-order valence-corrected chi connectivity index (χ4v) is 4.84. The topological polar surface area (TPSA) is 49.4 Å². The van der Waals surface area contributed by atoms with Gasteiger partial charge in [-0.25, -0.2) is 8.42 Å². The highest BCUT2D eigenvalue weighted by molar-refractivity contribution is 7.89. The number of nitrogens with one attached hydrogen (secondary N) is 1. The van der Waals surface area contributed by atoms with E-state index in [1.807, 2.05) is 6.92 Å². The van der Waals surface area contributed by atoms with E-state index in [9.17, 15) is 8.42 Å². The van der Waals surface area contributed by atoms with E-state index >= 15 is 0 Å². The molecule has 0 spiro atoms. The van der Waals surface area contributed by atoms with Gasteiger partial charge in [0.1, 0.15) is 0 Å². The fraction of sp³-hybridized carbons (Fsp3) is 0.571. The average Bonchev–Trinajstić information content (AvgIpc) is 2.44. The van der Waals surface area contributed by atoms with Gasteiger partial charge in [0.05, 0.1) is 4.90 Å². The van der Waals surface area contributed by atoms with Crippen LogP contribution in [-0.4, -0.2) is 38.9 Å². The molecule has 1 unspecified atom stereocenters. The van der Waals surface area contributed by atoms with Gasteiger partial charge in [-0.3, -0.25) is 0 Å². The van der Waals surface area contributed by atoms with Crippen LogP contribution in [0.5, 0.6) is 0 Å². The molecular weight excluding hydrogens is 331 g/mol. The lowest BCUT2D eigenvalue weighted by Crippen LogP contribution is -2.40. The van der Waals surface area contributed by atoms with Crippen LogP contribution in [0.2, 0.25) is 10.0 Å². The standard InChI is InChI=1S/C14H20Cl2N2O2S/c1-2-18(10-11-4-3-5-17-9-11)21(19,20)14-7-12(15)6-13(16)8-14/h6-8,11,17H,2-5,9-10H2,1H3. The molecule has 1 fully saturated rings. The van der Waals surface area contributed by atoms with Crippen molar-refractivity contribution < 1.29 is 8.42 Å². The molecule has 0 bridgehead atoms. The van der Waals surface area contributed by atoms with Crippen molar-refractivity contribution >= 4 is 33.2 Å². The molecule has 2 rings (SSSR count). The van der Waals surface area contributed by atoms with Crippen molar-refractivity contribution in [2.75, 3.05) is 26.2 Å². The van der Waals surface area contributed by atoms with Crippen LogP contribution >= 0.6 is 23.2 Å². The van der Waals surface area contributed by atoms with E-state index in [2.05, 4.69) is 5.32 Å². The summed E-state index contributed by atoms with van der Waals surface area (Å²) in [5, 5.41) is 3.97. The number of rotatable bonds is 5. The highest BCUT2D eigenvalue weighted by atomic mass is 35.5. The van der Waals surface area contributed by atoms with E-state index in [0.717, 1.165) is 25.9 Å². The van der Waals surface area contributed by atoms with Crippen LogP contribution in [-0.2, 0) is 10.0 Å². The fourth-order valence-electron chi connectivity index (χ4n) is 2.59. The van der Waals surface area contributed by atoms with E-state index in [1.165, 1.54) is 22.5 Å². The number of piperidine rings is 1. The molecular formula is C14H20Cl2N2O2S. The number of hydrogen-bond donors (Lipinski definition) is 1. The summed E-state index contributed by atoms with van der Waals surface area (Å²) in [6, 6.07) is 4.43. The minimum Gasteiger partial charge on any atom is -0.316 e. The predicted molar refractivity (Wildman–Crippen MR) is 86.5 cm³/mol.